The zero-order valence-corrected chi connectivity index (χ0v) is 13.8. The summed E-state index contributed by atoms with van der Waals surface area (Å²) in [7, 11) is 0. The first-order valence-electron chi connectivity index (χ1n) is 6.47. The standard InChI is InChI=1S/C16H17ClO.CH3Cl/c1-11(2)18-15-8-6-13(7-9-15)14-5-4-12(3)16(17)10-14;1-2/h4-11H,1-3H3;1H3. The maximum Gasteiger partial charge on any atom is 0.119 e. The Morgan fingerprint density at radius 1 is 0.900 bits per heavy atom. The summed E-state index contributed by atoms with van der Waals surface area (Å²) in [6, 6.07) is 14.2. The van der Waals surface area contributed by atoms with Crippen molar-refractivity contribution in [3.63, 3.8) is 0 Å². The van der Waals surface area contributed by atoms with Crippen molar-refractivity contribution in [2.75, 3.05) is 6.38 Å². The molecule has 0 bridgehead atoms. The van der Waals surface area contributed by atoms with Gasteiger partial charge in [-0.3, -0.25) is 0 Å². The third-order valence-electron chi connectivity index (χ3n) is 2.73. The number of rotatable bonds is 3. The Balaban J connectivity index is 0.000000956. The zero-order valence-electron chi connectivity index (χ0n) is 12.3. The Labute approximate surface area is 131 Å². The minimum Gasteiger partial charge on any atom is -0.491 e. The topological polar surface area (TPSA) is 9.23 Å². The summed E-state index contributed by atoms with van der Waals surface area (Å²) < 4.78 is 5.62. The lowest BCUT2D eigenvalue weighted by molar-refractivity contribution is 0.242. The second-order valence-electron chi connectivity index (χ2n) is 4.65. The van der Waals surface area contributed by atoms with Crippen LogP contribution in [-0.2, 0) is 0 Å². The predicted molar refractivity (Wildman–Crippen MR) is 89.2 cm³/mol. The van der Waals surface area contributed by atoms with Gasteiger partial charge in [-0.1, -0.05) is 35.9 Å². The maximum atomic E-state index is 6.14. The molecule has 0 N–H and O–H groups in total. The normalized spacial score (nSPS) is 9.95. The van der Waals surface area contributed by atoms with Crippen LogP contribution >= 0.6 is 23.2 Å². The lowest BCUT2D eigenvalue weighted by Crippen LogP contribution is -2.05. The number of alkyl halides is 1. The molecule has 2 aromatic carbocycles. The molecule has 0 aliphatic rings. The monoisotopic (exact) mass is 310 g/mol. The second-order valence-corrected chi connectivity index (χ2v) is 5.06. The SMILES string of the molecule is CCl.Cc1ccc(-c2ccc(OC(C)C)cc2)cc1Cl. The van der Waals surface area contributed by atoms with Crippen LogP contribution in [0, 0.1) is 6.92 Å². The highest BCUT2D eigenvalue weighted by atomic mass is 35.5. The second kappa shape index (κ2) is 8.18. The van der Waals surface area contributed by atoms with E-state index in [1.165, 1.54) is 6.38 Å². The Morgan fingerprint density at radius 2 is 1.45 bits per heavy atom. The van der Waals surface area contributed by atoms with Gasteiger partial charge in [-0.15, -0.1) is 11.6 Å². The van der Waals surface area contributed by atoms with Crippen molar-refractivity contribution in [1.82, 2.24) is 0 Å². The number of ether oxygens (including phenoxy) is 1. The molecule has 0 amide bonds. The number of benzene rings is 2. The molecule has 2 aromatic rings. The quantitative estimate of drug-likeness (QED) is 0.636. The lowest BCUT2D eigenvalue weighted by atomic mass is 10.0. The van der Waals surface area contributed by atoms with E-state index in [9.17, 15) is 0 Å². The molecule has 0 saturated carbocycles. The number of aryl methyl sites for hydroxylation is 1. The van der Waals surface area contributed by atoms with E-state index in [2.05, 4.69) is 29.8 Å². The largest absolute Gasteiger partial charge is 0.491 e. The fraction of sp³-hybridized carbons (Fsp3) is 0.294. The third kappa shape index (κ3) is 4.73. The van der Waals surface area contributed by atoms with Crippen LogP contribution < -0.4 is 4.74 Å². The van der Waals surface area contributed by atoms with E-state index in [1.807, 2.05) is 45.0 Å². The van der Waals surface area contributed by atoms with E-state index in [1.54, 1.807) is 0 Å². The molecule has 0 saturated heterocycles. The molecule has 0 aliphatic carbocycles. The zero-order chi connectivity index (χ0) is 15.1. The highest BCUT2D eigenvalue weighted by molar-refractivity contribution is 6.31. The summed E-state index contributed by atoms with van der Waals surface area (Å²) in [5.74, 6) is 0.895. The molecule has 0 radical (unpaired) electrons. The van der Waals surface area contributed by atoms with E-state index >= 15 is 0 Å². The fourth-order valence-electron chi connectivity index (χ4n) is 1.77. The van der Waals surface area contributed by atoms with E-state index < -0.39 is 0 Å². The van der Waals surface area contributed by atoms with Crippen molar-refractivity contribution in [2.24, 2.45) is 0 Å². The molecule has 0 aliphatic heterocycles. The third-order valence-corrected chi connectivity index (χ3v) is 3.14. The van der Waals surface area contributed by atoms with Gasteiger partial charge in [-0.2, -0.15) is 0 Å². The summed E-state index contributed by atoms with van der Waals surface area (Å²) in [5.41, 5.74) is 3.37. The molecule has 0 heterocycles. The first-order valence-corrected chi connectivity index (χ1v) is 7.60. The minimum absolute atomic E-state index is 0.199. The summed E-state index contributed by atoms with van der Waals surface area (Å²) in [6.07, 6.45) is 1.67. The van der Waals surface area contributed by atoms with Gasteiger partial charge in [-0.05, 0) is 55.7 Å². The molecule has 0 atom stereocenters. The summed E-state index contributed by atoms with van der Waals surface area (Å²) >= 11 is 10.8. The number of hydrogen-bond acceptors (Lipinski definition) is 1. The summed E-state index contributed by atoms with van der Waals surface area (Å²) in [4.78, 5) is 0. The predicted octanol–water partition coefficient (Wildman–Crippen LogP) is 5.96. The number of halogens is 2. The molecule has 20 heavy (non-hydrogen) atoms. The van der Waals surface area contributed by atoms with Gasteiger partial charge < -0.3 is 4.74 Å². The average molecular weight is 311 g/mol. The van der Waals surface area contributed by atoms with Crippen molar-refractivity contribution >= 4 is 23.2 Å². The van der Waals surface area contributed by atoms with E-state index in [0.29, 0.717) is 0 Å². The average Bonchev–Trinajstić information content (AvgIpc) is 2.44. The van der Waals surface area contributed by atoms with Crippen LogP contribution in [0.1, 0.15) is 19.4 Å². The Morgan fingerprint density at radius 3 is 1.95 bits per heavy atom. The van der Waals surface area contributed by atoms with Gasteiger partial charge in [0, 0.05) is 11.4 Å². The minimum atomic E-state index is 0.199. The van der Waals surface area contributed by atoms with Crippen molar-refractivity contribution in [2.45, 2.75) is 26.9 Å². The van der Waals surface area contributed by atoms with Crippen molar-refractivity contribution in [1.29, 1.82) is 0 Å². The molecule has 108 valence electrons. The van der Waals surface area contributed by atoms with E-state index in [4.69, 9.17) is 16.3 Å². The molecule has 1 nitrogen and oxygen atoms in total. The van der Waals surface area contributed by atoms with Crippen LogP contribution in [0.2, 0.25) is 5.02 Å². The molecule has 3 heteroatoms. The van der Waals surface area contributed by atoms with E-state index in [-0.39, 0.29) is 6.10 Å². The van der Waals surface area contributed by atoms with Gasteiger partial charge in [-0.25, -0.2) is 0 Å². The van der Waals surface area contributed by atoms with Crippen LogP contribution in [0.15, 0.2) is 42.5 Å². The van der Waals surface area contributed by atoms with Crippen LogP contribution in [0.25, 0.3) is 11.1 Å². The van der Waals surface area contributed by atoms with Gasteiger partial charge >= 0.3 is 0 Å². The molecule has 0 unspecified atom stereocenters. The van der Waals surface area contributed by atoms with Crippen molar-refractivity contribution < 1.29 is 4.74 Å². The maximum absolute atomic E-state index is 6.14. The molecular formula is C17H20Cl2O. The van der Waals surface area contributed by atoms with Crippen LogP contribution in [0.3, 0.4) is 0 Å². The highest BCUT2D eigenvalue weighted by Gasteiger charge is 2.02. The molecule has 2 rings (SSSR count). The van der Waals surface area contributed by atoms with Crippen LogP contribution in [0.4, 0.5) is 0 Å². The summed E-state index contributed by atoms with van der Waals surface area (Å²) in [6.45, 7) is 6.05. The Bertz CT molecular complexity index is 533. The van der Waals surface area contributed by atoms with Gasteiger partial charge in [0.1, 0.15) is 5.75 Å². The van der Waals surface area contributed by atoms with Crippen LogP contribution in [0.5, 0.6) is 5.75 Å². The number of hydrogen-bond donors (Lipinski definition) is 0. The summed E-state index contributed by atoms with van der Waals surface area (Å²) in [5, 5.41) is 0.801. The van der Waals surface area contributed by atoms with Crippen molar-refractivity contribution in [3.05, 3.63) is 53.1 Å². The van der Waals surface area contributed by atoms with Gasteiger partial charge in [0.25, 0.3) is 0 Å². The van der Waals surface area contributed by atoms with Crippen molar-refractivity contribution in [3.8, 4) is 16.9 Å². The molecule has 0 fully saturated rings. The lowest BCUT2D eigenvalue weighted by Gasteiger charge is -2.10. The Kier molecular flexibility index (Phi) is 6.90. The van der Waals surface area contributed by atoms with Gasteiger partial charge in [0.05, 0.1) is 6.10 Å². The van der Waals surface area contributed by atoms with Gasteiger partial charge in [0.15, 0.2) is 0 Å². The molecular weight excluding hydrogens is 291 g/mol. The highest BCUT2D eigenvalue weighted by Crippen LogP contribution is 2.27. The van der Waals surface area contributed by atoms with E-state index in [0.717, 1.165) is 27.5 Å². The van der Waals surface area contributed by atoms with Crippen LogP contribution in [-0.4, -0.2) is 12.5 Å². The smallest absolute Gasteiger partial charge is 0.119 e. The first-order chi connectivity index (χ1) is 9.56. The van der Waals surface area contributed by atoms with Gasteiger partial charge in [0.2, 0.25) is 0 Å². The molecule has 0 aromatic heterocycles. The fourth-order valence-corrected chi connectivity index (χ4v) is 1.95. The first kappa shape index (κ1) is 16.9. The Hall–Kier alpha value is -1.18. The molecule has 0 spiro atoms.